The Morgan fingerprint density at radius 1 is 1.11 bits per heavy atom. The fourth-order valence-corrected chi connectivity index (χ4v) is 2.35. The molecule has 1 heterocycles. The van der Waals surface area contributed by atoms with Gasteiger partial charge in [-0.05, 0) is 24.4 Å². The number of carbonyl (C=O) groups excluding carboxylic acids is 2. The molecule has 1 amide bonds. The van der Waals surface area contributed by atoms with Gasteiger partial charge in [-0.15, -0.1) is 11.3 Å². The van der Waals surface area contributed by atoms with Gasteiger partial charge in [0.05, 0.1) is 10.4 Å². The molecular formula is C14H13NO2S. The standard InChI is InChI=1S/C14H13NO2S/c1-2-15-14(17)11-7-4-3-6-10(11)13(16)12-8-5-9-18-12/h3-9H,2H2,1H3,(H,15,17). The molecule has 0 atom stereocenters. The Kier molecular flexibility index (Phi) is 3.89. The lowest BCUT2D eigenvalue weighted by molar-refractivity contribution is 0.0944. The van der Waals surface area contributed by atoms with Crippen LogP contribution < -0.4 is 5.32 Å². The monoisotopic (exact) mass is 259 g/mol. The highest BCUT2D eigenvalue weighted by Gasteiger charge is 2.17. The second-order valence-electron chi connectivity index (χ2n) is 3.71. The highest BCUT2D eigenvalue weighted by atomic mass is 32.1. The smallest absolute Gasteiger partial charge is 0.252 e. The number of rotatable bonds is 4. The SMILES string of the molecule is CCNC(=O)c1ccccc1C(=O)c1cccs1. The first-order valence-electron chi connectivity index (χ1n) is 5.69. The van der Waals surface area contributed by atoms with Crippen LogP contribution in [0.3, 0.4) is 0 Å². The van der Waals surface area contributed by atoms with Gasteiger partial charge in [-0.1, -0.05) is 24.3 Å². The number of amides is 1. The Bertz CT molecular complexity index is 561. The van der Waals surface area contributed by atoms with E-state index in [1.165, 1.54) is 11.3 Å². The van der Waals surface area contributed by atoms with Crippen molar-refractivity contribution in [3.63, 3.8) is 0 Å². The lowest BCUT2D eigenvalue weighted by Gasteiger charge is -2.07. The van der Waals surface area contributed by atoms with E-state index in [0.29, 0.717) is 22.5 Å². The normalized spacial score (nSPS) is 10.1. The van der Waals surface area contributed by atoms with E-state index in [2.05, 4.69) is 5.32 Å². The Hall–Kier alpha value is -1.94. The minimum atomic E-state index is -0.210. The molecule has 1 aromatic heterocycles. The number of benzene rings is 1. The summed E-state index contributed by atoms with van der Waals surface area (Å²) in [5.41, 5.74) is 0.878. The summed E-state index contributed by atoms with van der Waals surface area (Å²) in [6.45, 7) is 2.39. The quantitative estimate of drug-likeness (QED) is 0.858. The minimum Gasteiger partial charge on any atom is -0.352 e. The molecule has 3 nitrogen and oxygen atoms in total. The molecule has 0 aliphatic heterocycles. The van der Waals surface area contributed by atoms with Crippen LogP contribution in [0, 0.1) is 0 Å². The highest BCUT2D eigenvalue weighted by molar-refractivity contribution is 7.12. The molecule has 1 aromatic carbocycles. The van der Waals surface area contributed by atoms with Gasteiger partial charge >= 0.3 is 0 Å². The number of hydrogen-bond acceptors (Lipinski definition) is 3. The average molecular weight is 259 g/mol. The van der Waals surface area contributed by atoms with Gasteiger partial charge in [0.1, 0.15) is 0 Å². The fourth-order valence-electron chi connectivity index (χ4n) is 1.68. The Labute approximate surface area is 109 Å². The summed E-state index contributed by atoms with van der Waals surface area (Å²) in [6, 6.07) is 10.5. The van der Waals surface area contributed by atoms with Crippen LogP contribution in [-0.4, -0.2) is 18.2 Å². The molecule has 2 aromatic rings. The van der Waals surface area contributed by atoms with E-state index in [1.54, 1.807) is 30.3 Å². The summed E-state index contributed by atoms with van der Waals surface area (Å²) >= 11 is 1.38. The zero-order valence-corrected chi connectivity index (χ0v) is 10.8. The van der Waals surface area contributed by atoms with Crippen LogP contribution in [0.1, 0.15) is 32.5 Å². The van der Waals surface area contributed by atoms with Gasteiger partial charge < -0.3 is 5.32 Å². The van der Waals surface area contributed by atoms with Crippen molar-refractivity contribution in [3.8, 4) is 0 Å². The molecule has 0 saturated heterocycles. The van der Waals surface area contributed by atoms with Gasteiger partial charge in [0.15, 0.2) is 0 Å². The van der Waals surface area contributed by atoms with Gasteiger partial charge in [-0.3, -0.25) is 9.59 Å². The maximum Gasteiger partial charge on any atom is 0.252 e. The number of carbonyl (C=O) groups is 2. The van der Waals surface area contributed by atoms with Gasteiger partial charge in [0.25, 0.3) is 5.91 Å². The van der Waals surface area contributed by atoms with Crippen molar-refractivity contribution in [1.82, 2.24) is 5.32 Å². The number of thiophene rings is 1. The first kappa shape index (κ1) is 12.5. The molecule has 1 N–H and O–H groups in total. The van der Waals surface area contributed by atoms with Crippen molar-refractivity contribution in [2.24, 2.45) is 0 Å². The molecule has 0 aliphatic rings. The van der Waals surface area contributed by atoms with Crippen LogP contribution in [0.4, 0.5) is 0 Å². The molecule has 18 heavy (non-hydrogen) atoms. The molecule has 0 spiro atoms. The Morgan fingerprint density at radius 2 is 1.83 bits per heavy atom. The van der Waals surface area contributed by atoms with Crippen LogP contribution in [0.2, 0.25) is 0 Å². The van der Waals surface area contributed by atoms with Crippen LogP contribution in [0.25, 0.3) is 0 Å². The maximum absolute atomic E-state index is 12.3. The summed E-state index contributed by atoms with van der Waals surface area (Å²) in [5.74, 6) is -0.315. The van der Waals surface area contributed by atoms with Gasteiger partial charge in [-0.2, -0.15) is 0 Å². The molecule has 2 rings (SSSR count). The predicted molar refractivity (Wildman–Crippen MR) is 72.2 cm³/mol. The first-order chi connectivity index (χ1) is 8.74. The Morgan fingerprint density at radius 3 is 2.44 bits per heavy atom. The van der Waals surface area contributed by atoms with Gasteiger partial charge in [-0.25, -0.2) is 0 Å². The van der Waals surface area contributed by atoms with E-state index in [1.807, 2.05) is 18.4 Å². The fraction of sp³-hybridized carbons (Fsp3) is 0.143. The molecule has 0 unspecified atom stereocenters. The molecular weight excluding hydrogens is 246 g/mol. The van der Waals surface area contributed by atoms with Crippen molar-refractivity contribution >= 4 is 23.0 Å². The lowest BCUT2D eigenvalue weighted by Crippen LogP contribution is -2.24. The summed E-state index contributed by atoms with van der Waals surface area (Å²) in [6.07, 6.45) is 0. The van der Waals surface area contributed by atoms with Gasteiger partial charge in [0.2, 0.25) is 5.78 Å². The third kappa shape index (κ3) is 2.49. The van der Waals surface area contributed by atoms with E-state index in [0.717, 1.165) is 0 Å². The second kappa shape index (κ2) is 5.60. The van der Waals surface area contributed by atoms with Crippen molar-refractivity contribution in [2.45, 2.75) is 6.92 Å². The number of nitrogens with one attached hydrogen (secondary N) is 1. The number of ketones is 1. The Balaban J connectivity index is 2.39. The predicted octanol–water partition coefficient (Wildman–Crippen LogP) is 2.73. The van der Waals surface area contributed by atoms with Crippen LogP contribution in [0.5, 0.6) is 0 Å². The van der Waals surface area contributed by atoms with Crippen molar-refractivity contribution in [2.75, 3.05) is 6.54 Å². The third-order valence-electron chi connectivity index (χ3n) is 2.50. The molecule has 0 fully saturated rings. The van der Waals surface area contributed by atoms with E-state index >= 15 is 0 Å². The molecule has 0 radical (unpaired) electrons. The maximum atomic E-state index is 12.3. The van der Waals surface area contributed by atoms with Crippen molar-refractivity contribution in [1.29, 1.82) is 0 Å². The topological polar surface area (TPSA) is 46.2 Å². The van der Waals surface area contributed by atoms with Crippen molar-refractivity contribution in [3.05, 3.63) is 57.8 Å². The van der Waals surface area contributed by atoms with Crippen LogP contribution in [-0.2, 0) is 0 Å². The van der Waals surface area contributed by atoms with Crippen LogP contribution >= 0.6 is 11.3 Å². The van der Waals surface area contributed by atoms with E-state index in [4.69, 9.17) is 0 Å². The summed E-state index contributed by atoms with van der Waals surface area (Å²) in [5, 5.41) is 4.56. The largest absolute Gasteiger partial charge is 0.352 e. The summed E-state index contributed by atoms with van der Waals surface area (Å²) in [4.78, 5) is 24.8. The molecule has 0 aliphatic carbocycles. The molecule has 0 saturated carbocycles. The van der Waals surface area contributed by atoms with Crippen LogP contribution in [0.15, 0.2) is 41.8 Å². The first-order valence-corrected chi connectivity index (χ1v) is 6.57. The minimum absolute atomic E-state index is 0.105. The molecule has 4 heteroatoms. The van der Waals surface area contributed by atoms with E-state index in [9.17, 15) is 9.59 Å². The molecule has 92 valence electrons. The average Bonchev–Trinajstić information content (AvgIpc) is 2.92. The number of hydrogen-bond donors (Lipinski definition) is 1. The molecule has 0 bridgehead atoms. The lowest BCUT2D eigenvalue weighted by atomic mass is 10.0. The zero-order chi connectivity index (χ0) is 13.0. The summed E-state index contributed by atoms with van der Waals surface area (Å²) < 4.78 is 0. The zero-order valence-electron chi connectivity index (χ0n) is 9.97. The van der Waals surface area contributed by atoms with E-state index < -0.39 is 0 Å². The third-order valence-corrected chi connectivity index (χ3v) is 3.37. The second-order valence-corrected chi connectivity index (χ2v) is 4.66. The van der Waals surface area contributed by atoms with Crippen molar-refractivity contribution < 1.29 is 9.59 Å². The van der Waals surface area contributed by atoms with E-state index in [-0.39, 0.29) is 11.7 Å². The van der Waals surface area contributed by atoms with Gasteiger partial charge in [0, 0.05) is 12.1 Å². The highest BCUT2D eigenvalue weighted by Crippen LogP contribution is 2.18. The summed E-state index contributed by atoms with van der Waals surface area (Å²) in [7, 11) is 0.